The summed E-state index contributed by atoms with van der Waals surface area (Å²) in [5, 5.41) is 11.5. The summed E-state index contributed by atoms with van der Waals surface area (Å²) in [6.45, 7) is 7.39. The van der Waals surface area contributed by atoms with Gasteiger partial charge >= 0.3 is 5.63 Å². The lowest BCUT2D eigenvalue weighted by atomic mass is 9.98. The Balaban J connectivity index is 2.11. The van der Waals surface area contributed by atoms with Gasteiger partial charge in [-0.05, 0) is 30.7 Å². The highest BCUT2D eigenvalue weighted by molar-refractivity contribution is 6.09. The van der Waals surface area contributed by atoms with Gasteiger partial charge < -0.3 is 9.15 Å². The number of aryl methyl sites for hydroxylation is 1. The van der Waals surface area contributed by atoms with Crippen molar-refractivity contribution in [3.63, 3.8) is 0 Å². The molecule has 0 saturated heterocycles. The smallest absolute Gasteiger partial charge is 0.336 e. The Hall–Kier alpha value is -2.63. The van der Waals surface area contributed by atoms with Gasteiger partial charge in [0.2, 0.25) is 0 Å². The van der Waals surface area contributed by atoms with Crippen LogP contribution in [0.3, 0.4) is 0 Å². The third kappa shape index (κ3) is 1.78. The molecule has 0 fully saturated rings. The van der Waals surface area contributed by atoms with E-state index in [4.69, 9.17) is 14.4 Å². The number of benzene rings is 2. The van der Waals surface area contributed by atoms with E-state index >= 15 is 0 Å². The first-order valence-electron chi connectivity index (χ1n) is 7.16. The molecule has 0 aliphatic carbocycles. The third-order valence-corrected chi connectivity index (χ3v) is 4.41. The minimum atomic E-state index is -1.32. The van der Waals surface area contributed by atoms with Crippen molar-refractivity contribution in [1.82, 2.24) is 0 Å². The van der Waals surface area contributed by atoms with Crippen molar-refractivity contribution in [3.05, 3.63) is 58.5 Å². The number of ether oxygens (including phenoxy) is 1. The summed E-state index contributed by atoms with van der Waals surface area (Å²) >= 11 is 0. The molecule has 1 aromatic heterocycles. The molecule has 0 radical (unpaired) electrons. The Bertz CT molecular complexity index is 1050. The summed E-state index contributed by atoms with van der Waals surface area (Å²) in [7, 11) is 0. The zero-order valence-corrected chi connectivity index (χ0v) is 12.7. The van der Waals surface area contributed by atoms with Crippen LogP contribution in [0.4, 0.5) is 0 Å². The van der Waals surface area contributed by atoms with Crippen molar-refractivity contribution in [1.29, 1.82) is 0 Å². The van der Waals surface area contributed by atoms with Gasteiger partial charge in [0, 0.05) is 40.3 Å². The molecular weight excluding hydrogens is 296 g/mol. The highest BCUT2D eigenvalue weighted by Crippen LogP contribution is 2.48. The van der Waals surface area contributed by atoms with Crippen LogP contribution in [0.5, 0.6) is 5.75 Å². The van der Waals surface area contributed by atoms with E-state index in [9.17, 15) is 4.79 Å². The summed E-state index contributed by atoms with van der Waals surface area (Å²) in [6.07, 6.45) is 0. The average molecular weight is 310 g/mol. The summed E-state index contributed by atoms with van der Waals surface area (Å²) in [6, 6.07) is 8.94. The molecule has 1 atom stereocenters. The van der Waals surface area contributed by atoms with Crippen molar-refractivity contribution in [3.8, 4) is 5.75 Å². The van der Waals surface area contributed by atoms with Crippen LogP contribution in [0.25, 0.3) is 27.3 Å². The highest BCUT2D eigenvalue weighted by atomic mass is 17.1. The SMILES string of the molecule is C=C1c2ccc3c(ccc4c(C)cc(=O)oc43)c2OC1(C)OO. The maximum atomic E-state index is 11.7. The molecule has 0 bridgehead atoms. The summed E-state index contributed by atoms with van der Waals surface area (Å²) in [4.78, 5) is 16.2. The van der Waals surface area contributed by atoms with Gasteiger partial charge in [-0.15, -0.1) is 0 Å². The maximum absolute atomic E-state index is 11.7. The maximum Gasteiger partial charge on any atom is 0.336 e. The normalized spacial score (nSPS) is 20.0. The first kappa shape index (κ1) is 14.0. The quantitative estimate of drug-likeness (QED) is 0.320. The summed E-state index contributed by atoms with van der Waals surface area (Å²) in [5.41, 5.74) is 2.26. The first-order valence-corrected chi connectivity index (χ1v) is 7.16. The lowest BCUT2D eigenvalue weighted by molar-refractivity contribution is -0.347. The molecule has 23 heavy (non-hydrogen) atoms. The van der Waals surface area contributed by atoms with Gasteiger partial charge in [0.05, 0.1) is 0 Å². The van der Waals surface area contributed by atoms with Gasteiger partial charge in [0.25, 0.3) is 5.79 Å². The van der Waals surface area contributed by atoms with E-state index in [-0.39, 0.29) is 0 Å². The van der Waals surface area contributed by atoms with E-state index in [1.165, 1.54) is 6.07 Å². The minimum Gasteiger partial charge on any atom is -0.454 e. The van der Waals surface area contributed by atoms with Crippen LogP contribution in [0.15, 0.2) is 46.1 Å². The second-order valence-corrected chi connectivity index (χ2v) is 5.85. The van der Waals surface area contributed by atoms with Crippen molar-refractivity contribution >= 4 is 27.3 Å². The van der Waals surface area contributed by atoms with Crippen LogP contribution >= 0.6 is 0 Å². The second-order valence-electron chi connectivity index (χ2n) is 5.85. The number of hydrogen-bond donors (Lipinski definition) is 1. The Morgan fingerprint density at radius 3 is 2.61 bits per heavy atom. The summed E-state index contributed by atoms with van der Waals surface area (Å²) < 4.78 is 11.2. The molecular formula is C18H14O5. The number of fused-ring (bicyclic) bond motifs is 5. The van der Waals surface area contributed by atoms with Gasteiger partial charge in [-0.2, -0.15) is 4.89 Å². The molecule has 1 aliphatic rings. The van der Waals surface area contributed by atoms with Crippen LogP contribution in [0, 0.1) is 6.92 Å². The first-order chi connectivity index (χ1) is 10.9. The van der Waals surface area contributed by atoms with E-state index in [1.54, 1.807) is 6.92 Å². The molecule has 116 valence electrons. The second kappa shape index (κ2) is 4.44. The number of hydrogen-bond acceptors (Lipinski definition) is 5. The van der Waals surface area contributed by atoms with Gasteiger partial charge in [-0.3, -0.25) is 0 Å². The molecule has 2 heterocycles. The zero-order valence-electron chi connectivity index (χ0n) is 12.7. The molecule has 1 unspecified atom stereocenters. The Morgan fingerprint density at radius 1 is 1.17 bits per heavy atom. The molecule has 5 nitrogen and oxygen atoms in total. The van der Waals surface area contributed by atoms with E-state index in [0.717, 1.165) is 27.3 Å². The Kier molecular flexibility index (Phi) is 2.70. The van der Waals surface area contributed by atoms with E-state index < -0.39 is 11.4 Å². The molecule has 5 heteroatoms. The van der Waals surface area contributed by atoms with Crippen molar-refractivity contribution in [2.75, 3.05) is 0 Å². The fourth-order valence-corrected chi connectivity index (χ4v) is 3.08. The van der Waals surface area contributed by atoms with Gasteiger partial charge in [0.1, 0.15) is 11.3 Å². The van der Waals surface area contributed by atoms with Crippen molar-refractivity contribution in [2.45, 2.75) is 19.6 Å². The monoisotopic (exact) mass is 310 g/mol. The summed E-state index contributed by atoms with van der Waals surface area (Å²) in [5.74, 6) is -0.769. The number of rotatable bonds is 1. The molecule has 1 aliphatic heterocycles. The van der Waals surface area contributed by atoms with Gasteiger partial charge in [-0.1, -0.05) is 12.6 Å². The van der Waals surface area contributed by atoms with Gasteiger partial charge in [-0.25, -0.2) is 10.1 Å². The highest BCUT2D eigenvalue weighted by Gasteiger charge is 2.41. The van der Waals surface area contributed by atoms with E-state index in [1.807, 2.05) is 31.2 Å². The largest absolute Gasteiger partial charge is 0.454 e. The average Bonchev–Trinajstić information content (AvgIpc) is 2.79. The standard InChI is InChI=1S/C18H14O5/c1-9-8-15(19)21-16-11(9)4-6-14-13(16)7-5-12-10(2)18(3,23-20)22-17(12)14/h4-8,20H,2H2,1,3H3. The molecule has 2 aromatic carbocycles. The van der Waals surface area contributed by atoms with Crippen LogP contribution in [0.2, 0.25) is 0 Å². The van der Waals surface area contributed by atoms with Gasteiger partial charge in [0.15, 0.2) is 0 Å². The molecule has 0 spiro atoms. The topological polar surface area (TPSA) is 68.9 Å². The van der Waals surface area contributed by atoms with Crippen molar-refractivity contribution in [2.24, 2.45) is 0 Å². The Morgan fingerprint density at radius 2 is 1.87 bits per heavy atom. The predicted octanol–water partition coefficient (Wildman–Crippen LogP) is 3.87. The van der Waals surface area contributed by atoms with Crippen LogP contribution in [0.1, 0.15) is 18.1 Å². The molecule has 0 amide bonds. The molecule has 3 aromatic rings. The predicted molar refractivity (Wildman–Crippen MR) is 86.5 cm³/mol. The lowest BCUT2D eigenvalue weighted by Crippen LogP contribution is -2.31. The van der Waals surface area contributed by atoms with Crippen LogP contribution < -0.4 is 10.4 Å². The van der Waals surface area contributed by atoms with Crippen molar-refractivity contribution < 1.29 is 19.3 Å². The fourth-order valence-electron chi connectivity index (χ4n) is 3.08. The van der Waals surface area contributed by atoms with Crippen LogP contribution in [-0.2, 0) is 4.89 Å². The molecule has 1 N–H and O–H groups in total. The zero-order chi connectivity index (χ0) is 16.4. The van der Waals surface area contributed by atoms with Crippen LogP contribution in [-0.4, -0.2) is 11.0 Å². The lowest BCUT2D eigenvalue weighted by Gasteiger charge is -2.20. The van der Waals surface area contributed by atoms with E-state index in [0.29, 0.717) is 16.9 Å². The molecule has 4 rings (SSSR count). The fraction of sp³-hybridized carbons (Fsp3) is 0.167. The molecule has 0 saturated carbocycles. The Labute approximate surface area is 131 Å². The van der Waals surface area contributed by atoms with E-state index in [2.05, 4.69) is 11.5 Å². The minimum absolute atomic E-state index is 0.392. The third-order valence-electron chi connectivity index (χ3n) is 4.41.